The van der Waals surface area contributed by atoms with Crippen LogP contribution in [0, 0.1) is 56.7 Å². The Morgan fingerprint density at radius 2 is 1.52 bits per heavy atom. The predicted octanol–water partition coefficient (Wildman–Crippen LogP) is 11.5. The van der Waals surface area contributed by atoms with E-state index in [4.69, 9.17) is 4.74 Å². The lowest BCUT2D eigenvalue weighted by atomic mass is 9.32. The molecule has 0 amide bonds. The number of carboxylic acid groups (broad SMARTS) is 1. The molecule has 6 rings (SSSR count). The molecule has 4 unspecified atom stereocenters. The van der Waals surface area contributed by atoms with Gasteiger partial charge in [0.05, 0.1) is 11.0 Å². The number of allylic oxidation sites excluding steroid dienone is 1. The van der Waals surface area contributed by atoms with Crippen LogP contribution in [0.5, 0.6) is 0 Å². The summed E-state index contributed by atoms with van der Waals surface area (Å²) in [4.78, 5) is 26.5. The normalized spacial score (nSPS) is 41.3. The van der Waals surface area contributed by atoms with Crippen molar-refractivity contribution in [2.45, 2.75) is 157 Å². The summed E-state index contributed by atoms with van der Waals surface area (Å²) in [5.41, 5.74) is 2.96. The Morgan fingerprint density at radius 1 is 0.812 bits per heavy atom. The van der Waals surface area contributed by atoms with Crippen molar-refractivity contribution in [3.63, 3.8) is 0 Å². The fraction of sp³-hybridized carbons (Fsp3) is 0.773. The maximum Gasteiger partial charge on any atom is 0.338 e. The van der Waals surface area contributed by atoms with Gasteiger partial charge in [-0.15, -0.1) is 0 Å². The summed E-state index contributed by atoms with van der Waals surface area (Å²) in [6.45, 7) is 21.3. The van der Waals surface area contributed by atoms with E-state index in [9.17, 15) is 14.7 Å². The zero-order chi connectivity index (χ0) is 34.7. The average molecular weight is 659 g/mol. The number of carboxylic acids is 1. The highest BCUT2D eigenvalue weighted by Crippen LogP contribution is 2.77. The summed E-state index contributed by atoms with van der Waals surface area (Å²) in [6, 6.07) is 8.18. The second kappa shape index (κ2) is 12.9. The molecule has 5 aliphatic carbocycles. The van der Waals surface area contributed by atoms with Gasteiger partial charge in [0.2, 0.25) is 0 Å². The van der Waals surface area contributed by atoms with Crippen molar-refractivity contribution >= 4 is 11.9 Å². The topological polar surface area (TPSA) is 63.6 Å². The van der Waals surface area contributed by atoms with Crippen LogP contribution in [0.1, 0.15) is 161 Å². The van der Waals surface area contributed by atoms with E-state index in [2.05, 4.69) is 67.2 Å². The van der Waals surface area contributed by atoms with Gasteiger partial charge in [-0.3, -0.25) is 4.79 Å². The molecule has 1 aromatic rings. The molecule has 4 heteroatoms. The van der Waals surface area contributed by atoms with E-state index in [1.54, 1.807) is 0 Å². The Morgan fingerprint density at radius 3 is 2.19 bits per heavy atom. The van der Waals surface area contributed by atoms with Crippen LogP contribution in [0.25, 0.3) is 0 Å². The zero-order valence-electron chi connectivity index (χ0n) is 31.5. The summed E-state index contributed by atoms with van der Waals surface area (Å²) >= 11 is 0. The van der Waals surface area contributed by atoms with Gasteiger partial charge in [-0.1, -0.05) is 91.5 Å². The van der Waals surface area contributed by atoms with Crippen LogP contribution >= 0.6 is 0 Å². The summed E-state index contributed by atoms with van der Waals surface area (Å²) in [5.74, 6) is 1.33. The molecule has 0 bridgehead atoms. The third kappa shape index (κ3) is 5.44. The van der Waals surface area contributed by atoms with Crippen LogP contribution in [0.15, 0.2) is 36.4 Å². The highest BCUT2D eigenvalue weighted by Gasteiger charge is 2.72. The molecule has 266 valence electrons. The Bertz CT molecular complexity index is 1380. The molecule has 0 spiro atoms. The summed E-state index contributed by atoms with van der Waals surface area (Å²) in [6.07, 6.45) is 17.6. The van der Waals surface area contributed by atoms with Gasteiger partial charge in [-0.05, 0) is 148 Å². The number of ether oxygens (including phenoxy) is 1. The molecule has 0 aromatic heterocycles. The van der Waals surface area contributed by atoms with Crippen molar-refractivity contribution in [3.05, 3.63) is 47.5 Å². The molecule has 5 saturated carbocycles. The monoisotopic (exact) mass is 658 g/mol. The Labute approximate surface area is 292 Å². The molecule has 5 fully saturated rings. The average Bonchev–Trinajstić information content (AvgIpc) is 3.45. The molecule has 0 aliphatic heterocycles. The van der Waals surface area contributed by atoms with Crippen molar-refractivity contribution in [1.82, 2.24) is 0 Å². The third-order valence-corrected chi connectivity index (χ3v) is 16.4. The highest BCUT2D eigenvalue weighted by molar-refractivity contribution is 5.89. The molecule has 4 nitrogen and oxygen atoms in total. The standard InChI is InChI=1S/C44H66O4/c1-9-10-11-12-13-14-30-15-17-31(18-16-30)38(45)48-36-23-24-41(6)34(40(36,4)5)22-25-43(8)35(41)20-19-33-37-32(29(2)3)21-26-44(37,39(46)47)28-27-42(33,43)7/h15-18,32-37H,2,9-14,19-28H2,1,3-8H3,(H,46,47)/t32-,33?,34?,35?,36-,37?,41-,42+,43+,44-/m0/s1. The van der Waals surface area contributed by atoms with E-state index < -0.39 is 11.4 Å². The van der Waals surface area contributed by atoms with Crippen molar-refractivity contribution in [2.24, 2.45) is 56.7 Å². The number of benzene rings is 1. The molecule has 1 aromatic carbocycles. The first-order chi connectivity index (χ1) is 22.7. The van der Waals surface area contributed by atoms with Crippen LogP contribution in [-0.2, 0) is 16.0 Å². The lowest BCUT2D eigenvalue weighted by Gasteiger charge is -2.72. The number of rotatable bonds is 10. The molecule has 48 heavy (non-hydrogen) atoms. The largest absolute Gasteiger partial charge is 0.481 e. The second-order valence-electron chi connectivity index (χ2n) is 18.8. The van der Waals surface area contributed by atoms with Crippen molar-refractivity contribution in [2.75, 3.05) is 0 Å². The van der Waals surface area contributed by atoms with E-state index >= 15 is 0 Å². The van der Waals surface area contributed by atoms with Crippen LogP contribution in [0.4, 0.5) is 0 Å². The maximum atomic E-state index is 13.5. The number of fused-ring (bicyclic) bond motifs is 7. The summed E-state index contributed by atoms with van der Waals surface area (Å²) < 4.78 is 6.43. The van der Waals surface area contributed by atoms with Crippen LogP contribution in [0.3, 0.4) is 0 Å². The number of hydrogen-bond donors (Lipinski definition) is 1. The van der Waals surface area contributed by atoms with E-state index in [0.29, 0.717) is 29.2 Å². The van der Waals surface area contributed by atoms with Gasteiger partial charge in [0.25, 0.3) is 0 Å². The lowest BCUT2D eigenvalue weighted by molar-refractivity contribution is -0.248. The number of unbranched alkanes of at least 4 members (excludes halogenated alkanes) is 4. The first-order valence-electron chi connectivity index (χ1n) is 19.8. The highest BCUT2D eigenvalue weighted by atomic mass is 16.5. The molecule has 10 atom stereocenters. The van der Waals surface area contributed by atoms with Crippen LogP contribution in [0.2, 0.25) is 0 Å². The molecular formula is C44H66O4. The third-order valence-electron chi connectivity index (χ3n) is 16.4. The number of hydrogen-bond acceptors (Lipinski definition) is 3. The molecule has 1 N–H and O–H groups in total. The number of esters is 1. The fourth-order valence-electron chi connectivity index (χ4n) is 13.6. The van der Waals surface area contributed by atoms with E-state index in [1.807, 2.05) is 12.1 Å². The van der Waals surface area contributed by atoms with Gasteiger partial charge in [0.15, 0.2) is 0 Å². The van der Waals surface area contributed by atoms with Gasteiger partial charge in [-0.25, -0.2) is 4.79 Å². The van der Waals surface area contributed by atoms with Crippen molar-refractivity contribution in [1.29, 1.82) is 0 Å². The van der Waals surface area contributed by atoms with E-state index in [1.165, 1.54) is 56.1 Å². The van der Waals surface area contributed by atoms with Crippen LogP contribution in [-0.4, -0.2) is 23.1 Å². The Balaban J connectivity index is 1.17. The summed E-state index contributed by atoms with van der Waals surface area (Å²) in [5, 5.41) is 10.7. The van der Waals surface area contributed by atoms with Gasteiger partial charge in [0, 0.05) is 5.41 Å². The van der Waals surface area contributed by atoms with Crippen LogP contribution < -0.4 is 0 Å². The number of aliphatic carboxylic acids is 1. The SMILES string of the molecule is C=C(C)[C@@H]1CC[C@]2(C(=O)O)CC[C@]3(C)C(CCC4[C@@]5(C)CC[C@H](OC(=O)c6ccc(CCCCCCC)cc6)C(C)(C)C5CC[C@]43C)C12. The quantitative estimate of drug-likeness (QED) is 0.154. The Hall–Kier alpha value is -2.10. The van der Waals surface area contributed by atoms with Crippen molar-refractivity contribution in [3.8, 4) is 0 Å². The predicted molar refractivity (Wildman–Crippen MR) is 195 cm³/mol. The Kier molecular flexibility index (Phi) is 9.60. The second-order valence-corrected chi connectivity index (χ2v) is 18.8. The van der Waals surface area contributed by atoms with Gasteiger partial charge >= 0.3 is 11.9 Å². The molecule has 0 heterocycles. The molecule has 0 saturated heterocycles. The molecule has 0 radical (unpaired) electrons. The van der Waals surface area contributed by atoms with Crippen molar-refractivity contribution < 1.29 is 19.4 Å². The zero-order valence-corrected chi connectivity index (χ0v) is 31.5. The van der Waals surface area contributed by atoms with E-state index in [0.717, 1.165) is 57.8 Å². The van der Waals surface area contributed by atoms with Gasteiger partial charge < -0.3 is 9.84 Å². The molecule has 5 aliphatic rings. The first-order valence-corrected chi connectivity index (χ1v) is 19.8. The number of carbonyl (C=O) groups excluding carboxylic acids is 1. The fourth-order valence-corrected chi connectivity index (χ4v) is 13.6. The maximum absolute atomic E-state index is 13.5. The lowest BCUT2D eigenvalue weighted by Crippen LogP contribution is -2.67. The smallest absolute Gasteiger partial charge is 0.338 e. The number of aryl methyl sites for hydroxylation is 1. The first kappa shape index (κ1) is 35.7. The summed E-state index contributed by atoms with van der Waals surface area (Å²) in [7, 11) is 0. The van der Waals surface area contributed by atoms with E-state index in [-0.39, 0.29) is 39.7 Å². The minimum absolute atomic E-state index is 0.0849. The number of carbonyl (C=O) groups is 2. The van der Waals surface area contributed by atoms with Gasteiger partial charge in [0.1, 0.15) is 6.10 Å². The minimum Gasteiger partial charge on any atom is -0.481 e. The molecular weight excluding hydrogens is 592 g/mol. The van der Waals surface area contributed by atoms with Gasteiger partial charge in [-0.2, -0.15) is 0 Å². The minimum atomic E-state index is -0.573.